The van der Waals surface area contributed by atoms with Gasteiger partial charge in [0.05, 0.1) is 12.7 Å². The van der Waals surface area contributed by atoms with Crippen LogP contribution in [0.3, 0.4) is 0 Å². The lowest BCUT2D eigenvalue weighted by atomic mass is 10.1. The van der Waals surface area contributed by atoms with Gasteiger partial charge in [-0.05, 0) is 13.3 Å². The second-order valence-electron chi connectivity index (χ2n) is 5.28. The van der Waals surface area contributed by atoms with Crippen molar-refractivity contribution in [1.82, 2.24) is 10.0 Å². The maximum Gasteiger partial charge on any atom is 0.421 e. The molecule has 0 aliphatic rings. The Morgan fingerprint density at radius 2 is 1.68 bits per heavy atom. The summed E-state index contributed by atoms with van der Waals surface area (Å²) in [5.41, 5.74) is 0. The van der Waals surface area contributed by atoms with Gasteiger partial charge in [-0.3, -0.25) is 0 Å². The van der Waals surface area contributed by atoms with Crippen molar-refractivity contribution in [2.24, 2.45) is 0 Å². The van der Waals surface area contributed by atoms with Gasteiger partial charge in [-0.15, -0.1) is 0 Å². The van der Waals surface area contributed by atoms with E-state index in [1.54, 1.807) is 6.92 Å². The van der Waals surface area contributed by atoms with Crippen LogP contribution in [0.5, 0.6) is 0 Å². The zero-order valence-corrected chi connectivity index (χ0v) is 13.4. The Bertz CT molecular complexity index is 305. The number of aliphatic hydroxyl groups excluding tert-OH is 4. The third kappa shape index (κ3) is 7.37. The number of aliphatic hydroxyl groups is 4. The molecule has 0 heterocycles. The van der Waals surface area contributed by atoms with Gasteiger partial charge in [0.2, 0.25) is 0 Å². The molecule has 8 nitrogen and oxygen atoms in total. The van der Waals surface area contributed by atoms with Gasteiger partial charge in [-0.2, -0.15) is 0 Å². The van der Waals surface area contributed by atoms with Gasteiger partial charge < -0.3 is 25.5 Å². The number of hydrazine groups is 1. The summed E-state index contributed by atoms with van der Waals surface area (Å²) < 4.78 is 0. The van der Waals surface area contributed by atoms with Crippen molar-refractivity contribution in [3.05, 3.63) is 0 Å². The summed E-state index contributed by atoms with van der Waals surface area (Å²) in [5, 5.41) is 49.5. The van der Waals surface area contributed by atoms with Crippen LogP contribution < -0.4 is 0 Å². The number of carboxylic acid groups (broad SMARTS) is 1. The predicted molar refractivity (Wildman–Crippen MR) is 81.2 cm³/mol. The Labute approximate surface area is 131 Å². The van der Waals surface area contributed by atoms with Crippen LogP contribution in [0.25, 0.3) is 0 Å². The topological polar surface area (TPSA) is 125 Å². The smallest absolute Gasteiger partial charge is 0.421 e. The normalized spacial score (nSPS) is 15.6. The maximum atomic E-state index is 11.3. The van der Waals surface area contributed by atoms with E-state index in [2.05, 4.69) is 6.92 Å². The fraction of sp³-hybridized carbons (Fsp3) is 0.929. The maximum absolute atomic E-state index is 11.3. The SMILES string of the molecule is CCCCCCN(C[C@H](O)[C@@H](O)[C@H](O)CO)N(CC)C(=O)O. The van der Waals surface area contributed by atoms with E-state index >= 15 is 0 Å². The first kappa shape index (κ1) is 21.1. The van der Waals surface area contributed by atoms with Crippen LogP contribution in [0.4, 0.5) is 4.79 Å². The molecule has 0 unspecified atom stereocenters. The quantitative estimate of drug-likeness (QED) is 0.250. The number of unbranched alkanes of at least 4 members (excludes halogenated alkanes) is 3. The lowest BCUT2D eigenvalue weighted by Gasteiger charge is -2.35. The molecule has 0 aliphatic carbocycles. The molecule has 0 aromatic heterocycles. The van der Waals surface area contributed by atoms with Crippen molar-refractivity contribution in [2.75, 3.05) is 26.2 Å². The van der Waals surface area contributed by atoms with Crippen molar-refractivity contribution >= 4 is 6.09 Å². The summed E-state index contributed by atoms with van der Waals surface area (Å²) in [7, 11) is 0. The number of carbonyl (C=O) groups is 1. The highest BCUT2D eigenvalue weighted by Crippen LogP contribution is 2.09. The van der Waals surface area contributed by atoms with Crippen LogP contribution in [-0.2, 0) is 0 Å². The number of hydrogen-bond donors (Lipinski definition) is 5. The molecular weight excluding hydrogens is 292 g/mol. The average Bonchev–Trinajstić information content (AvgIpc) is 2.49. The van der Waals surface area contributed by atoms with Crippen LogP contribution in [0.1, 0.15) is 39.5 Å². The summed E-state index contributed by atoms with van der Waals surface area (Å²) in [6.07, 6.45) is -1.68. The van der Waals surface area contributed by atoms with Gasteiger partial charge in [0.25, 0.3) is 0 Å². The van der Waals surface area contributed by atoms with Crippen molar-refractivity contribution in [3.63, 3.8) is 0 Å². The van der Waals surface area contributed by atoms with Crippen molar-refractivity contribution in [1.29, 1.82) is 0 Å². The first-order chi connectivity index (χ1) is 10.4. The molecule has 0 radical (unpaired) electrons. The Morgan fingerprint density at radius 3 is 2.14 bits per heavy atom. The fourth-order valence-electron chi connectivity index (χ4n) is 2.18. The first-order valence-corrected chi connectivity index (χ1v) is 7.79. The molecule has 0 fully saturated rings. The van der Waals surface area contributed by atoms with Crippen molar-refractivity contribution in [3.8, 4) is 0 Å². The van der Waals surface area contributed by atoms with Crippen LogP contribution >= 0.6 is 0 Å². The van der Waals surface area contributed by atoms with Gasteiger partial charge in [-0.25, -0.2) is 14.8 Å². The molecular formula is C14H30N2O6. The second kappa shape index (κ2) is 11.6. The summed E-state index contributed by atoms with van der Waals surface area (Å²) in [4.78, 5) is 11.3. The molecule has 132 valence electrons. The zero-order chi connectivity index (χ0) is 17.1. The van der Waals surface area contributed by atoms with Crippen molar-refractivity contribution in [2.45, 2.75) is 57.8 Å². The number of hydrogen-bond acceptors (Lipinski definition) is 6. The molecule has 5 N–H and O–H groups in total. The number of amides is 1. The van der Waals surface area contributed by atoms with E-state index in [1.807, 2.05) is 0 Å². The highest BCUT2D eigenvalue weighted by molar-refractivity contribution is 5.64. The summed E-state index contributed by atoms with van der Waals surface area (Å²) in [5.74, 6) is 0. The molecule has 0 aromatic carbocycles. The molecule has 0 saturated heterocycles. The number of nitrogens with zero attached hydrogens (tertiary/aromatic N) is 2. The Hall–Kier alpha value is -0.930. The van der Waals surface area contributed by atoms with Crippen molar-refractivity contribution < 1.29 is 30.3 Å². The van der Waals surface area contributed by atoms with Crippen LogP contribution in [0.2, 0.25) is 0 Å². The van der Waals surface area contributed by atoms with Gasteiger partial charge in [0.15, 0.2) is 0 Å². The highest BCUT2D eigenvalue weighted by atomic mass is 16.4. The minimum Gasteiger partial charge on any atom is -0.464 e. The molecule has 0 bridgehead atoms. The van der Waals surface area contributed by atoms with E-state index in [9.17, 15) is 25.2 Å². The molecule has 8 heteroatoms. The monoisotopic (exact) mass is 322 g/mol. The van der Waals surface area contributed by atoms with Gasteiger partial charge >= 0.3 is 6.09 Å². The Kier molecular flexibility index (Phi) is 11.1. The summed E-state index contributed by atoms with van der Waals surface area (Å²) in [6, 6.07) is 0. The average molecular weight is 322 g/mol. The van der Waals surface area contributed by atoms with E-state index in [0.717, 1.165) is 30.7 Å². The summed E-state index contributed by atoms with van der Waals surface area (Å²) in [6.45, 7) is 3.59. The van der Waals surface area contributed by atoms with E-state index < -0.39 is 31.0 Å². The number of rotatable bonds is 12. The second-order valence-corrected chi connectivity index (χ2v) is 5.28. The molecule has 0 aromatic rings. The van der Waals surface area contributed by atoms with E-state index in [1.165, 1.54) is 5.01 Å². The van der Waals surface area contributed by atoms with Crippen LogP contribution in [0, 0.1) is 0 Å². The lowest BCUT2D eigenvalue weighted by molar-refractivity contribution is -0.106. The van der Waals surface area contributed by atoms with E-state index in [-0.39, 0.29) is 13.1 Å². The Balaban J connectivity index is 4.72. The largest absolute Gasteiger partial charge is 0.464 e. The van der Waals surface area contributed by atoms with Gasteiger partial charge in [0.1, 0.15) is 12.2 Å². The molecule has 0 spiro atoms. The zero-order valence-electron chi connectivity index (χ0n) is 13.4. The molecule has 3 atom stereocenters. The Morgan fingerprint density at radius 1 is 1.05 bits per heavy atom. The predicted octanol–water partition coefficient (Wildman–Crippen LogP) is -0.141. The minimum atomic E-state index is -1.53. The van der Waals surface area contributed by atoms with Crippen LogP contribution in [0.15, 0.2) is 0 Å². The third-order valence-electron chi connectivity index (χ3n) is 3.50. The lowest BCUT2D eigenvalue weighted by Crippen LogP contribution is -2.53. The highest BCUT2D eigenvalue weighted by Gasteiger charge is 2.28. The minimum absolute atomic E-state index is 0.134. The van der Waals surface area contributed by atoms with E-state index in [0.29, 0.717) is 6.54 Å². The van der Waals surface area contributed by atoms with Crippen LogP contribution in [-0.4, -0.2) is 86.2 Å². The molecule has 1 amide bonds. The van der Waals surface area contributed by atoms with E-state index in [4.69, 9.17) is 5.11 Å². The standard InChI is InChI=1S/C14H30N2O6/c1-3-5-6-7-8-15(16(4-2)14(21)22)9-11(18)13(20)12(19)10-17/h11-13,17-20H,3-10H2,1-2H3,(H,21,22)/t11-,12+,13+/m0/s1. The third-order valence-corrected chi connectivity index (χ3v) is 3.50. The molecule has 0 rings (SSSR count). The van der Waals surface area contributed by atoms with Gasteiger partial charge in [-0.1, -0.05) is 26.2 Å². The van der Waals surface area contributed by atoms with Gasteiger partial charge in [0, 0.05) is 19.6 Å². The molecule has 0 aliphatic heterocycles. The first-order valence-electron chi connectivity index (χ1n) is 7.79. The molecule has 22 heavy (non-hydrogen) atoms. The summed E-state index contributed by atoms with van der Waals surface area (Å²) >= 11 is 0. The fourth-order valence-corrected chi connectivity index (χ4v) is 2.18. The molecule has 0 saturated carbocycles.